The van der Waals surface area contributed by atoms with Crippen molar-refractivity contribution in [3.63, 3.8) is 0 Å². The normalized spacial score (nSPS) is 23.4. The van der Waals surface area contributed by atoms with Gasteiger partial charge < -0.3 is 10.0 Å². The summed E-state index contributed by atoms with van der Waals surface area (Å²) < 4.78 is 0.730. The summed E-state index contributed by atoms with van der Waals surface area (Å²) >= 11 is 9.29. The fraction of sp³-hybridized carbons (Fsp3) is 0.462. The van der Waals surface area contributed by atoms with E-state index in [-0.39, 0.29) is 18.6 Å². The maximum atomic E-state index is 12.5. The zero-order valence-corrected chi connectivity index (χ0v) is 12.4. The highest BCUT2D eigenvalue weighted by atomic mass is 79.9. The molecule has 3 nitrogen and oxygen atoms in total. The highest BCUT2D eigenvalue weighted by Gasteiger charge is 2.34. The van der Waals surface area contributed by atoms with Crippen molar-refractivity contribution in [3.05, 3.63) is 33.3 Å². The largest absolute Gasteiger partial charge is 0.394 e. The average Bonchev–Trinajstić information content (AvgIpc) is 2.72. The predicted molar refractivity (Wildman–Crippen MR) is 74.8 cm³/mol. The Hall–Kier alpha value is -0.580. The molecule has 1 fully saturated rings. The Kier molecular flexibility index (Phi) is 4.30. The van der Waals surface area contributed by atoms with Gasteiger partial charge in [-0.2, -0.15) is 0 Å². The summed E-state index contributed by atoms with van der Waals surface area (Å²) in [7, 11) is 0. The summed E-state index contributed by atoms with van der Waals surface area (Å²) in [5, 5.41) is 9.93. The minimum absolute atomic E-state index is 0.00505. The van der Waals surface area contributed by atoms with Crippen molar-refractivity contribution in [2.45, 2.75) is 19.4 Å². The first-order valence-electron chi connectivity index (χ1n) is 5.91. The van der Waals surface area contributed by atoms with Crippen molar-refractivity contribution in [1.82, 2.24) is 4.90 Å². The van der Waals surface area contributed by atoms with Gasteiger partial charge in [0.05, 0.1) is 18.2 Å². The SMILES string of the molecule is CC1CCN(C(=O)c2cc(Cl)ccc2Br)C1CO. The van der Waals surface area contributed by atoms with Gasteiger partial charge in [0.25, 0.3) is 5.91 Å². The van der Waals surface area contributed by atoms with Crippen molar-refractivity contribution in [2.75, 3.05) is 13.2 Å². The second kappa shape index (κ2) is 5.59. The maximum Gasteiger partial charge on any atom is 0.255 e. The number of nitrogens with zero attached hydrogens (tertiary/aromatic N) is 1. The molecule has 2 rings (SSSR count). The van der Waals surface area contributed by atoms with Gasteiger partial charge in [-0.05, 0) is 46.5 Å². The van der Waals surface area contributed by atoms with Crippen LogP contribution >= 0.6 is 27.5 Å². The van der Waals surface area contributed by atoms with Crippen molar-refractivity contribution in [2.24, 2.45) is 5.92 Å². The average molecular weight is 333 g/mol. The molecule has 1 aliphatic rings. The molecule has 0 aliphatic carbocycles. The topological polar surface area (TPSA) is 40.5 Å². The Balaban J connectivity index is 2.28. The standard InChI is InChI=1S/C13H15BrClNO2/c1-8-4-5-16(12(8)7-17)13(18)10-6-9(15)2-3-11(10)14/h2-3,6,8,12,17H,4-5,7H2,1H3. The predicted octanol–water partition coefficient (Wildman–Crippen LogP) is 2.95. The first-order chi connectivity index (χ1) is 8.54. The molecule has 5 heteroatoms. The number of hydrogen-bond acceptors (Lipinski definition) is 2. The first kappa shape index (κ1) is 13.8. The van der Waals surface area contributed by atoms with E-state index in [0.717, 1.165) is 10.9 Å². The molecular weight excluding hydrogens is 318 g/mol. The van der Waals surface area contributed by atoms with E-state index in [1.54, 1.807) is 23.1 Å². The molecule has 1 N–H and O–H groups in total. The van der Waals surface area contributed by atoms with Gasteiger partial charge in [-0.1, -0.05) is 18.5 Å². The minimum Gasteiger partial charge on any atom is -0.394 e. The van der Waals surface area contributed by atoms with Gasteiger partial charge in [0.15, 0.2) is 0 Å². The van der Waals surface area contributed by atoms with Crippen molar-refractivity contribution in [1.29, 1.82) is 0 Å². The van der Waals surface area contributed by atoms with Crippen LogP contribution in [0.3, 0.4) is 0 Å². The van der Waals surface area contributed by atoms with Gasteiger partial charge in [-0.25, -0.2) is 0 Å². The third-order valence-electron chi connectivity index (χ3n) is 3.49. The van der Waals surface area contributed by atoms with E-state index in [2.05, 4.69) is 22.9 Å². The van der Waals surface area contributed by atoms with Crippen LogP contribution in [0, 0.1) is 5.92 Å². The lowest BCUT2D eigenvalue weighted by molar-refractivity contribution is 0.0647. The Labute approximate surface area is 120 Å². The number of amides is 1. The van der Waals surface area contributed by atoms with Crippen LogP contribution in [0.1, 0.15) is 23.7 Å². The molecule has 2 unspecified atom stereocenters. The lowest BCUT2D eigenvalue weighted by Crippen LogP contribution is -2.39. The Morgan fingerprint density at radius 3 is 3.00 bits per heavy atom. The molecule has 0 aromatic heterocycles. The molecule has 1 aromatic rings. The molecule has 0 radical (unpaired) electrons. The number of rotatable bonds is 2. The monoisotopic (exact) mass is 331 g/mol. The molecule has 1 aromatic carbocycles. The van der Waals surface area contributed by atoms with Gasteiger partial charge >= 0.3 is 0 Å². The van der Waals surface area contributed by atoms with E-state index in [1.165, 1.54) is 0 Å². The fourth-order valence-corrected chi connectivity index (χ4v) is 2.94. The van der Waals surface area contributed by atoms with E-state index < -0.39 is 0 Å². The van der Waals surface area contributed by atoms with Crippen molar-refractivity contribution < 1.29 is 9.90 Å². The van der Waals surface area contributed by atoms with E-state index in [1.807, 2.05) is 0 Å². The molecule has 0 bridgehead atoms. The summed E-state index contributed by atoms with van der Waals surface area (Å²) in [6, 6.07) is 5.07. The quantitative estimate of drug-likeness (QED) is 0.904. The zero-order valence-electron chi connectivity index (χ0n) is 10.1. The molecule has 1 heterocycles. The van der Waals surface area contributed by atoms with Gasteiger partial charge in [0.1, 0.15) is 0 Å². The minimum atomic E-state index is -0.0941. The van der Waals surface area contributed by atoms with Gasteiger partial charge in [-0.15, -0.1) is 0 Å². The second-order valence-corrected chi connectivity index (χ2v) is 5.93. The third-order valence-corrected chi connectivity index (χ3v) is 4.42. The Morgan fingerprint density at radius 1 is 1.61 bits per heavy atom. The number of aliphatic hydroxyl groups excluding tert-OH is 1. The van der Waals surface area contributed by atoms with Crippen LogP contribution in [-0.4, -0.2) is 35.1 Å². The van der Waals surface area contributed by atoms with E-state index in [4.69, 9.17) is 11.6 Å². The smallest absolute Gasteiger partial charge is 0.255 e. The summed E-state index contributed by atoms with van der Waals surface area (Å²) in [5.74, 6) is 0.254. The molecule has 1 aliphatic heterocycles. The van der Waals surface area contributed by atoms with E-state index >= 15 is 0 Å². The third kappa shape index (κ3) is 2.56. The van der Waals surface area contributed by atoms with Crippen molar-refractivity contribution >= 4 is 33.4 Å². The first-order valence-corrected chi connectivity index (χ1v) is 7.08. The molecule has 0 saturated carbocycles. The van der Waals surface area contributed by atoms with Gasteiger partial charge in [0.2, 0.25) is 0 Å². The number of halogens is 2. The summed E-state index contributed by atoms with van der Waals surface area (Å²) in [6.45, 7) is 2.75. The number of likely N-dealkylation sites (tertiary alicyclic amines) is 1. The van der Waals surface area contributed by atoms with E-state index in [9.17, 15) is 9.90 Å². The molecule has 18 heavy (non-hydrogen) atoms. The van der Waals surface area contributed by atoms with Gasteiger partial charge in [-0.3, -0.25) is 4.79 Å². The summed E-state index contributed by atoms with van der Waals surface area (Å²) in [5.41, 5.74) is 0.551. The lowest BCUT2D eigenvalue weighted by atomic mass is 10.0. The summed E-state index contributed by atoms with van der Waals surface area (Å²) in [4.78, 5) is 14.2. The second-order valence-electron chi connectivity index (χ2n) is 4.64. The number of carbonyl (C=O) groups excluding carboxylic acids is 1. The molecule has 2 atom stereocenters. The van der Waals surface area contributed by atoms with Crippen LogP contribution < -0.4 is 0 Å². The molecule has 1 amide bonds. The highest BCUT2D eigenvalue weighted by Crippen LogP contribution is 2.28. The lowest BCUT2D eigenvalue weighted by Gasteiger charge is -2.25. The molecule has 98 valence electrons. The molecular formula is C13H15BrClNO2. The number of carbonyl (C=O) groups is 1. The fourth-order valence-electron chi connectivity index (χ4n) is 2.35. The Bertz CT molecular complexity index is 466. The van der Waals surface area contributed by atoms with Crippen LogP contribution in [0.5, 0.6) is 0 Å². The number of benzene rings is 1. The van der Waals surface area contributed by atoms with Crippen molar-refractivity contribution in [3.8, 4) is 0 Å². The van der Waals surface area contributed by atoms with Crippen LogP contribution in [0.2, 0.25) is 5.02 Å². The maximum absolute atomic E-state index is 12.5. The van der Waals surface area contributed by atoms with E-state index in [0.29, 0.717) is 23.0 Å². The Morgan fingerprint density at radius 2 is 2.33 bits per heavy atom. The number of hydrogen-bond donors (Lipinski definition) is 1. The van der Waals surface area contributed by atoms with Gasteiger partial charge in [0, 0.05) is 16.0 Å². The van der Waals surface area contributed by atoms with Crippen LogP contribution in [0.25, 0.3) is 0 Å². The zero-order chi connectivity index (χ0) is 13.3. The van der Waals surface area contributed by atoms with Crippen LogP contribution in [-0.2, 0) is 0 Å². The van der Waals surface area contributed by atoms with Crippen LogP contribution in [0.15, 0.2) is 22.7 Å². The number of aliphatic hydroxyl groups is 1. The summed E-state index contributed by atoms with van der Waals surface area (Å²) in [6.07, 6.45) is 0.926. The molecule has 1 saturated heterocycles. The highest BCUT2D eigenvalue weighted by molar-refractivity contribution is 9.10. The van der Waals surface area contributed by atoms with Crippen LogP contribution in [0.4, 0.5) is 0 Å². The molecule has 0 spiro atoms.